The Labute approximate surface area is 189 Å². The monoisotopic (exact) mass is 454 g/mol. The number of Topliss-reactive ketones (excluding diaryl/α,β-unsaturated/α-hetero) is 1. The SMILES string of the molecule is CC(=O)c1ccc(N2CCN(C(=O)C3CC(=O)N(c4ccc(F)c([N+](=O)[O-])c4)C3)CC2)cc1. The molecule has 2 aliphatic heterocycles. The van der Waals surface area contributed by atoms with E-state index < -0.39 is 22.3 Å². The van der Waals surface area contributed by atoms with Gasteiger partial charge in [-0.05, 0) is 43.3 Å². The first kappa shape index (κ1) is 22.4. The van der Waals surface area contributed by atoms with E-state index in [0.717, 1.165) is 17.8 Å². The Morgan fingerprint density at radius 1 is 1.03 bits per heavy atom. The van der Waals surface area contributed by atoms with Gasteiger partial charge in [0.05, 0.1) is 16.5 Å². The number of hydrogen-bond donors (Lipinski definition) is 0. The molecule has 10 heteroatoms. The Morgan fingerprint density at radius 2 is 1.67 bits per heavy atom. The van der Waals surface area contributed by atoms with E-state index in [9.17, 15) is 28.9 Å². The van der Waals surface area contributed by atoms with E-state index in [1.54, 1.807) is 17.0 Å². The Bertz CT molecular complexity index is 1110. The van der Waals surface area contributed by atoms with E-state index in [2.05, 4.69) is 4.90 Å². The lowest BCUT2D eigenvalue weighted by Gasteiger charge is -2.37. The molecule has 0 aromatic heterocycles. The molecule has 1 unspecified atom stereocenters. The van der Waals surface area contributed by atoms with Crippen molar-refractivity contribution >= 4 is 34.7 Å². The molecule has 2 amide bonds. The number of ketones is 1. The van der Waals surface area contributed by atoms with Crippen LogP contribution in [0.25, 0.3) is 0 Å². The van der Waals surface area contributed by atoms with Gasteiger partial charge in [0.25, 0.3) is 0 Å². The number of halogens is 1. The smallest absolute Gasteiger partial charge is 0.306 e. The van der Waals surface area contributed by atoms with Crippen molar-refractivity contribution in [2.45, 2.75) is 13.3 Å². The van der Waals surface area contributed by atoms with Crippen LogP contribution in [0.15, 0.2) is 42.5 Å². The lowest BCUT2D eigenvalue weighted by Crippen LogP contribution is -2.50. The highest BCUT2D eigenvalue weighted by Crippen LogP contribution is 2.30. The molecule has 0 saturated carbocycles. The second kappa shape index (κ2) is 8.97. The summed E-state index contributed by atoms with van der Waals surface area (Å²) in [7, 11) is 0. The van der Waals surface area contributed by atoms with E-state index in [4.69, 9.17) is 0 Å². The number of rotatable bonds is 5. The Balaban J connectivity index is 1.38. The van der Waals surface area contributed by atoms with E-state index in [-0.39, 0.29) is 36.3 Å². The van der Waals surface area contributed by atoms with Crippen LogP contribution < -0.4 is 9.80 Å². The summed E-state index contributed by atoms with van der Waals surface area (Å²) in [5.41, 5.74) is 1.13. The van der Waals surface area contributed by atoms with Gasteiger partial charge >= 0.3 is 5.69 Å². The number of carbonyl (C=O) groups excluding carboxylic acids is 3. The van der Waals surface area contributed by atoms with Crippen molar-refractivity contribution in [2.75, 3.05) is 42.5 Å². The summed E-state index contributed by atoms with van der Waals surface area (Å²) in [6.45, 7) is 3.87. The summed E-state index contributed by atoms with van der Waals surface area (Å²) in [6, 6.07) is 10.6. The standard InChI is InChI=1S/C23H23FN4O5/c1-15(29)16-2-4-18(5-3-16)25-8-10-26(11-9-25)23(31)17-12-22(30)27(14-17)19-6-7-20(24)21(13-19)28(32)33/h2-7,13,17H,8-12,14H2,1H3. The Hall–Kier alpha value is -3.82. The van der Waals surface area contributed by atoms with Crippen molar-refractivity contribution in [3.8, 4) is 0 Å². The number of benzene rings is 2. The van der Waals surface area contributed by atoms with E-state index >= 15 is 0 Å². The summed E-state index contributed by atoms with van der Waals surface area (Å²) < 4.78 is 13.6. The fraction of sp³-hybridized carbons (Fsp3) is 0.348. The normalized spacial score (nSPS) is 18.5. The second-order valence-corrected chi connectivity index (χ2v) is 8.21. The van der Waals surface area contributed by atoms with Crippen molar-refractivity contribution in [3.63, 3.8) is 0 Å². The maximum Gasteiger partial charge on any atom is 0.306 e. The molecule has 0 spiro atoms. The van der Waals surface area contributed by atoms with Gasteiger partial charge in [0.15, 0.2) is 5.78 Å². The zero-order valence-corrected chi connectivity index (χ0v) is 18.1. The van der Waals surface area contributed by atoms with Gasteiger partial charge in [0.2, 0.25) is 17.6 Å². The van der Waals surface area contributed by atoms with Crippen molar-refractivity contribution in [1.82, 2.24) is 4.90 Å². The van der Waals surface area contributed by atoms with Crippen molar-refractivity contribution < 1.29 is 23.7 Å². The highest BCUT2D eigenvalue weighted by atomic mass is 19.1. The van der Waals surface area contributed by atoms with Crippen LogP contribution in [-0.2, 0) is 9.59 Å². The molecule has 2 aromatic rings. The van der Waals surface area contributed by atoms with Crippen LogP contribution in [0.1, 0.15) is 23.7 Å². The molecule has 2 saturated heterocycles. The third-order valence-electron chi connectivity index (χ3n) is 6.14. The van der Waals surface area contributed by atoms with Gasteiger partial charge in [-0.15, -0.1) is 0 Å². The molecule has 2 aromatic carbocycles. The number of hydrogen-bond acceptors (Lipinski definition) is 6. The van der Waals surface area contributed by atoms with Crippen LogP contribution in [0.4, 0.5) is 21.5 Å². The zero-order valence-electron chi connectivity index (χ0n) is 18.1. The molecule has 0 aliphatic carbocycles. The molecule has 4 rings (SSSR count). The molecule has 33 heavy (non-hydrogen) atoms. The van der Waals surface area contributed by atoms with Crippen LogP contribution in [0.5, 0.6) is 0 Å². The first-order chi connectivity index (χ1) is 15.7. The van der Waals surface area contributed by atoms with Gasteiger partial charge in [-0.1, -0.05) is 0 Å². The summed E-state index contributed by atoms with van der Waals surface area (Å²) >= 11 is 0. The summed E-state index contributed by atoms with van der Waals surface area (Å²) in [6.07, 6.45) is 0.0106. The molecule has 0 N–H and O–H groups in total. The van der Waals surface area contributed by atoms with Gasteiger partial charge in [0, 0.05) is 56.5 Å². The topological polar surface area (TPSA) is 104 Å². The highest BCUT2D eigenvalue weighted by molar-refractivity contribution is 6.00. The largest absolute Gasteiger partial charge is 0.368 e. The van der Waals surface area contributed by atoms with E-state index in [1.807, 2.05) is 12.1 Å². The second-order valence-electron chi connectivity index (χ2n) is 8.21. The maximum atomic E-state index is 13.6. The number of anilines is 2. The molecule has 172 valence electrons. The number of nitro groups is 1. The minimum absolute atomic E-state index is 0.00682. The van der Waals surface area contributed by atoms with Crippen LogP contribution in [-0.4, -0.2) is 60.1 Å². The number of nitrogens with zero attached hydrogens (tertiary/aromatic N) is 4. The van der Waals surface area contributed by atoms with Crippen molar-refractivity contribution in [3.05, 3.63) is 64.0 Å². The number of amides is 2. The van der Waals surface area contributed by atoms with E-state index in [0.29, 0.717) is 31.7 Å². The molecule has 2 heterocycles. The fourth-order valence-corrected chi connectivity index (χ4v) is 4.28. The Kier molecular flexibility index (Phi) is 6.08. The molecule has 2 aliphatic rings. The quantitative estimate of drug-likeness (QED) is 0.391. The predicted octanol–water partition coefficient (Wildman–Crippen LogP) is 2.64. The minimum Gasteiger partial charge on any atom is -0.368 e. The van der Waals surface area contributed by atoms with Crippen molar-refractivity contribution in [1.29, 1.82) is 0 Å². The van der Waals surface area contributed by atoms with Gasteiger partial charge in [0.1, 0.15) is 0 Å². The third kappa shape index (κ3) is 4.55. The first-order valence-corrected chi connectivity index (χ1v) is 10.6. The molecule has 0 radical (unpaired) electrons. The summed E-state index contributed by atoms with van der Waals surface area (Å²) in [5, 5.41) is 11.0. The van der Waals surface area contributed by atoms with E-state index in [1.165, 1.54) is 17.9 Å². The third-order valence-corrected chi connectivity index (χ3v) is 6.14. The average molecular weight is 454 g/mol. The summed E-state index contributed by atoms with van der Waals surface area (Å²) in [5.74, 6) is -1.97. The zero-order chi connectivity index (χ0) is 23.7. The fourth-order valence-electron chi connectivity index (χ4n) is 4.28. The number of nitro benzene ring substituents is 1. The lowest BCUT2D eigenvalue weighted by atomic mass is 10.1. The number of carbonyl (C=O) groups is 3. The molecule has 2 fully saturated rings. The van der Waals surface area contributed by atoms with Gasteiger partial charge < -0.3 is 14.7 Å². The maximum absolute atomic E-state index is 13.6. The van der Waals surface area contributed by atoms with Gasteiger partial charge in [-0.3, -0.25) is 24.5 Å². The van der Waals surface area contributed by atoms with Crippen LogP contribution >= 0.6 is 0 Å². The Morgan fingerprint density at radius 3 is 2.27 bits per heavy atom. The highest BCUT2D eigenvalue weighted by Gasteiger charge is 2.38. The summed E-state index contributed by atoms with van der Waals surface area (Å²) in [4.78, 5) is 52.3. The minimum atomic E-state index is -0.975. The average Bonchev–Trinajstić information content (AvgIpc) is 3.20. The lowest BCUT2D eigenvalue weighted by molar-refractivity contribution is -0.387. The van der Waals surface area contributed by atoms with Crippen LogP contribution in [0, 0.1) is 21.8 Å². The first-order valence-electron chi connectivity index (χ1n) is 10.6. The molecule has 0 bridgehead atoms. The molecular formula is C23H23FN4O5. The molecular weight excluding hydrogens is 431 g/mol. The number of piperazine rings is 1. The van der Waals surface area contributed by atoms with Crippen LogP contribution in [0.2, 0.25) is 0 Å². The molecule has 9 nitrogen and oxygen atoms in total. The van der Waals surface area contributed by atoms with Gasteiger partial charge in [-0.25, -0.2) is 0 Å². The predicted molar refractivity (Wildman–Crippen MR) is 119 cm³/mol. The molecule has 1 atom stereocenters. The van der Waals surface area contributed by atoms with Crippen molar-refractivity contribution in [2.24, 2.45) is 5.92 Å². The van der Waals surface area contributed by atoms with Gasteiger partial charge in [-0.2, -0.15) is 4.39 Å². The van der Waals surface area contributed by atoms with Crippen LogP contribution in [0.3, 0.4) is 0 Å².